The predicted octanol–water partition coefficient (Wildman–Crippen LogP) is 1.43. The van der Waals surface area contributed by atoms with Gasteiger partial charge in [-0.25, -0.2) is 13.8 Å². The maximum absolute atomic E-state index is 12.8. The first kappa shape index (κ1) is 7.97. The molecule has 5 heteroatoms. The zero-order chi connectivity index (χ0) is 9.59. The van der Waals surface area contributed by atoms with E-state index in [1.165, 1.54) is 4.57 Å². The van der Waals surface area contributed by atoms with Crippen LogP contribution in [0.4, 0.5) is 14.7 Å². The van der Waals surface area contributed by atoms with Crippen molar-refractivity contribution in [2.45, 2.75) is 0 Å². The maximum atomic E-state index is 12.8. The van der Waals surface area contributed by atoms with Gasteiger partial charge in [-0.1, -0.05) is 0 Å². The lowest BCUT2D eigenvalue weighted by Crippen LogP contribution is -1.96. The van der Waals surface area contributed by atoms with Crippen LogP contribution in [-0.2, 0) is 7.05 Å². The monoisotopic (exact) mass is 183 g/mol. The first-order chi connectivity index (χ1) is 6.09. The third-order valence-corrected chi connectivity index (χ3v) is 1.96. The molecule has 1 aromatic carbocycles. The van der Waals surface area contributed by atoms with Crippen LogP contribution in [0.15, 0.2) is 12.1 Å². The summed E-state index contributed by atoms with van der Waals surface area (Å²) in [5.41, 5.74) is 6.30. The van der Waals surface area contributed by atoms with E-state index >= 15 is 0 Å². The minimum absolute atomic E-state index is 0.236. The van der Waals surface area contributed by atoms with Gasteiger partial charge in [0.15, 0.2) is 11.6 Å². The fraction of sp³-hybridized carbons (Fsp3) is 0.125. The molecule has 0 spiro atoms. The Balaban J connectivity index is 2.89. The van der Waals surface area contributed by atoms with Gasteiger partial charge in [0.05, 0.1) is 11.0 Å². The lowest BCUT2D eigenvalue weighted by Gasteiger charge is -1.96. The maximum Gasteiger partial charge on any atom is 0.200 e. The zero-order valence-electron chi connectivity index (χ0n) is 6.88. The lowest BCUT2D eigenvalue weighted by atomic mass is 10.3. The molecule has 68 valence electrons. The van der Waals surface area contributed by atoms with Gasteiger partial charge in [-0.3, -0.25) is 0 Å². The summed E-state index contributed by atoms with van der Waals surface area (Å²) in [5.74, 6) is -1.57. The summed E-state index contributed by atoms with van der Waals surface area (Å²) in [7, 11) is 1.64. The molecule has 0 fully saturated rings. The standard InChI is InChI=1S/C8H7F2N3/c1-13-7-3-5(10)4(9)2-6(7)12-8(13)11/h2-3H,1H3,(H2,11,12). The van der Waals surface area contributed by atoms with Crippen molar-refractivity contribution >= 4 is 17.0 Å². The van der Waals surface area contributed by atoms with Crippen LogP contribution in [0.5, 0.6) is 0 Å². The molecule has 0 atom stereocenters. The van der Waals surface area contributed by atoms with Gasteiger partial charge in [0, 0.05) is 19.2 Å². The molecule has 3 nitrogen and oxygen atoms in total. The van der Waals surface area contributed by atoms with Crippen molar-refractivity contribution in [2.24, 2.45) is 7.05 Å². The van der Waals surface area contributed by atoms with Gasteiger partial charge >= 0.3 is 0 Å². The molecule has 0 radical (unpaired) electrons. The third kappa shape index (κ3) is 1.04. The van der Waals surface area contributed by atoms with Crippen LogP contribution in [0.1, 0.15) is 0 Å². The largest absolute Gasteiger partial charge is 0.369 e. The fourth-order valence-electron chi connectivity index (χ4n) is 1.21. The van der Waals surface area contributed by atoms with Gasteiger partial charge in [0.1, 0.15) is 0 Å². The predicted molar refractivity (Wildman–Crippen MR) is 45.0 cm³/mol. The molecule has 0 unspecified atom stereocenters. The van der Waals surface area contributed by atoms with Crippen LogP contribution in [0.25, 0.3) is 11.0 Å². The smallest absolute Gasteiger partial charge is 0.200 e. The van der Waals surface area contributed by atoms with Crippen molar-refractivity contribution in [1.29, 1.82) is 0 Å². The van der Waals surface area contributed by atoms with Crippen LogP contribution in [0.2, 0.25) is 0 Å². The van der Waals surface area contributed by atoms with Crippen molar-refractivity contribution in [1.82, 2.24) is 9.55 Å². The van der Waals surface area contributed by atoms with Gasteiger partial charge in [-0.05, 0) is 0 Å². The molecule has 2 N–H and O–H groups in total. The van der Waals surface area contributed by atoms with E-state index in [-0.39, 0.29) is 5.95 Å². The highest BCUT2D eigenvalue weighted by molar-refractivity contribution is 5.78. The Bertz CT molecular complexity index is 476. The third-order valence-electron chi connectivity index (χ3n) is 1.96. The number of benzene rings is 1. The van der Waals surface area contributed by atoms with Crippen LogP contribution in [0, 0.1) is 11.6 Å². The van der Waals surface area contributed by atoms with Crippen molar-refractivity contribution < 1.29 is 8.78 Å². The van der Waals surface area contributed by atoms with E-state index in [0.29, 0.717) is 11.0 Å². The van der Waals surface area contributed by atoms with E-state index in [1.807, 2.05) is 0 Å². The Morgan fingerprint density at radius 1 is 1.31 bits per heavy atom. The summed E-state index contributed by atoms with van der Waals surface area (Å²) in [4.78, 5) is 3.85. The highest BCUT2D eigenvalue weighted by atomic mass is 19.2. The van der Waals surface area contributed by atoms with Crippen LogP contribution in [0.3, 0.4) is 0 Å². The SMILES string of the molecule is Cn1c(N)nc2cc(F)c(F)cc21. The molecule has 0 aliphatic carbocycles. The molecule has 0 aliphatic heterocycles. The highest BCUT2D eigenvalue weighted by Crippen LogP contribution is 2.19. The number of fused-ring (bicyclic) bond motifs is 1. The van der Waals surface area contributed by atoms with Crippen LogP contribution in [-0.4, -0.2) is 9.55 Å². The Hall–Kier alpha value is -1.65. The van der Waals surface area contributed by atoms with Gasteiger partial charge in [0.25, 0.3) is 0 Å². The van der Waals surface area contributed by atoms with Gasteiger partial charge in [0.2, 0.25) is 5.95 Å². The number of hydrogen-bond acceptors (Lipinski definition) is 2. The summed E-state index contributed by atoms with van der Waals surface area (Å²) in [5, 5.41) is 0. The van der Waals surface area contributed by atoms with Crippen molar-refractivity contribution in [2.75, 3.05) is 5.73 Å². The molecule has 2 rings (SSSR count). The van der Waals surface area contributed by atoms with E-state index in [1.54, 1.807) is 7.05 Å². The number of rotatable bonds is 0. The molecule has 13 heavy (non-hydrogen) atoms. The number of hydrogen-bond donors (Lipinski definition) is 1. The molecule has 0 bridgehead atoms. The fourth-order valence-corrected chi connectivity index (χ4v) is 1.21. The number of aromatic nitrogens is 2. The molecule has 1 aromatic heterocycles. The normalized spacial score (nSPS) is 11.0. The Morgan fingerprint density at radius 2 is 1.92 bits per heavy atom. The Labute approximate surface area is 72.8 Å². The minimum atomic E-state index is -0.911. The number of imidazole rings is 1. The second-order valence-corrected chi connectivity index (χ2v) is 2.78. The molecule has 0 aliphatic rings. The van der Waals surface area contributed by atoms with Crippen molar-refractivity contribution in [3.05, 3.63) is 23.8 Å². The van der Waals surface area contributed by atoms with Crippen LogP contribution >= 0.6 is 0 Å². The second kappa shape index (κ2) is 2.42. The van der Waals surface area contributed by atoms with Gasteiger partial charge < -0.3 is 10.3 Å². The minimum Gasteiger partial charge on any atom is -0.369 e. The molecule has 1 heterocycles. The van der Waals surface area contributed by atoms with Crippen molar-refractivity contribution in [3.8, 4) is 0 Å². The lowest BCUT2D eigenvalue weighted by molar-refractivity contribution is 0.510. The highest BCUT2D eigenvalue weighted by Gasteiger charge is 2.09. The number of nitrogens with two attached hydrogens (primary N) is 1. The first-order valence-electron chi connectivity index (χ1n) is 3.66. The Morgan fingerprint density at radius 3 is 2.62 bits per heavy atom. The molecule has 0 saturated heterocycles. The summed E-state index contributed by atoms with van der Waals surface area (Å²) in [6, 6.07) is 2.11. The van der Waals surface area contributed by atoms with Gasteiger partial charge in [-0.2, -0.15) is 0 Å². The summed E-state index contributed by atoms with van der Waals surface area (Å²) in [6.07, 6.45) is 0. The van der Waals surface area contributed by atoms with Gasteiger partial charge in [-0.15, -0.1) is 0 Å². The molecular weight excluding hydrogens is 176 g/mol. The summed E-state index contributed by atoms with van der Waals surface area (Å²) < 4.78 is 27.0. The molecular formula is C8H7F2N3. The van der Waals surface area contributed by atoms with E-state index in [0.717, 1.165) is 12.1 Å². The second-order valence-electron chi connectivity index (χ2n) is 2.78. The number of halogens is 2. The zero-order valence-corrected chi connectivity index (χ0v) is 6.88. The quantitative estimate of drug-likeness (QED) is 0.671. The van der Waals surface area contributed by atoms with E-state index in [9.17, 15) is 8.78 Å². The number of nitrogen functional groups attached to an aromatic ring is 1. The average molecular weight is 183 g/mol. The first-order valence-corrected chi connectivity index (χ1v) is 3.66. The van der Waals surface area contributed by atoms with Crippen molar-refractivity contribution in [3.63, 3.8) is 0 Å². The number of anilines is 1. The number of aryl methyl sites for hydroxylation is 1. The topological polar surface area (TPSA) is 43.8 Å². The van der Waals surface area contributed by atoms with E-state index < -0.39 is 11.6 Å². The molecule has 0 saturated carbocycles. The van der Waals surface area contributed by atoms with E-state index in [4.69, 9.17) is 5.73 Å². The molecule has 0 amide bonds. The summed E-state index contributed by atoms with van der Waals surface area (Å²) in [6.45, 7) is 0. The van der Waals surface area contributed by atoms with E-state index in [2.05, 4.69) is 4.98 Å². The van der Waals surface area contributed by atoms with Crippen LogP contribution < -0.4 is 5.73 Å². The Kier molecular flexibility index (Phi) is 1.48. The molecule has 2 aromatic rings. The number of nitrogens with zero attached hydrogens (tertiary/aromatic N) is 2. The average Bonchev–Trinajstić information content (AvgIpc) is 2.32. The summed E-state index contributed by atoms with van der Waals surface area (Å²) >= 11 is 0.